The van der Waals surface area contributed by atoms with Gasteiger partial charge in [-0.2, -0.15) is 0 Å². The van der Waals surface area contributed by atoms with E-state index in [2.05, 4.69) is 24.3 Å². The summed E-state index contributed by atoms with van der Waals surface area (Å²) in [5.74, 6) is 0. The molecule has 2 aliphatic rings. The Morgan fingerprint density at radius 2 is 2.38 bits per heavy atom. The van der Waals surface area contributed by atoms with E-state index in [0.717, 1.165) is 6.42 Å². The van der Waals surface area contributed by atoms with Crippen molar-refractivity contribution in [2.24, 2.45) is 0 Å². The van der Waals surface area contributed by atoms with E-state index in [4.69, 9.17) is 4.74 Å². The number of hydrogen-bond acceptors (Lipinski definition) is 1. The van der Waals surface area contributed by atoms with Crippen LogP contribution in [-0.4, -0.2) is 12.2 Å². The van der Waals surface area contributed by atoms with Crippen molar-refractivity contribution in [2.45, 2.75) is 18.6 Å². The summed E-state index contributed by atoms with van der Waals surface area (Å²) in [5.41, 5.74) is 0. The van der Waals surface area contributed by atoms with Crippen LogP contribution in [0.4, 0.5) is 0 Å². The molecule has 2 rings (SSSR count). The summed E-state index contributed by atoms with van der Waals surface area (Å²) in [7, 11) is 0. The summed E-state index contributed by atoms with van der Waals surface area (Å²) in [5, 5.41) is 0. The van der Waals surface area contributed by atoms with E-state index in [0.29, 0.717) is 12.2 Å². The zero-order chi connectivity index (χ0) is 5.40. The van der Waals surface area contributed by atoms with E-state index in [-0.39, 0.29) is 0 Å². The molecular weight excluding hydrogens is 100 g/mol. The highest BCUT2D eigenvalue weighted by molar-refractivity contribution is 5.15. The Morgan fingerprint density at radius 3 is 3.38 bits per heavy atom. The van der Waals surface area contributed by atoms with Crippen LogP contribution in [0.2, 0.25) is 0 Å². The van der Waals surface area contributed by atoms with E-state index >= 15 is 0 Å². The first kappa shape index (κ1) is 4.33. The van der Waals surface area contributed by atoms with Crippen LogP contribution in [0.15, 0.2) is 24.3 Å². The highest BCUT2D eigenvalue weighted by atomic mass is 16.6. The predicted molar refractivity (Wildman–Crippen MR) is 31.6 cm³/mol. The van der Waals surface area contributed by atoms with E-state index < -0.39 is 0 Å². The lowest BCUT2D eigenvalue weighted by atomic mass is 10.2. The molecule has 1 saturated heterocycles. The molecular formula is C7H8O. The fourth-order valence-electron chi connectivity index (χ4n) is 0.980. The molecule has 0 bridgehead atoms. The molecule has 0 radical (unpaired) electrons. The van der Waals surface area contributed by atoms with Crippen LogP contribution >= 0.6 is 0 Å². The third-order valence-electron chi connectivity index (χ3n) is 1.54. The van der Waals surface area contributed by atoms with Gasteiger partial charge in [-0.25, -0.2) is 0 Å². The molecule has 8 heavy (non-hydrogen) atoms. The normalized spacial score (nSPS) is 41.0. The molecule has 1 heterocycles. The van der Waals surface area contributed by atoms with E-state index in [9.17, 15) is 0 Å². The fourth-order valence-corrected chi connectivity index (χ4v) is 0.980. The van der Waals surface area contributed by atoms with Gasteiger partial charge >= 0.3 is 0 Å². The summed E-state index contributed by atoms with van der Waals surface area (Å²) in [4.78, 5) is 0. The molecule has 1 heteroatoms. The number of fused-ring (bicyclic) bond motifs is 1. The van der Waals surface area contributed by atoms with Crippen molar-refractivity contribution in [2.75, 3.05) is 0 Å². The molecule has 0 spiro atoms. The SMILES string of the molecule is C1=CCC2OC2C=C1. The average molecular weight is 108 g/mol. The maximum Gasteiger partial charge on any atom is 0.103 e. The van der Waals surface area contributed by atoms with Gasteiger partial charge in [0.05, 0.1) is 6.10 Å². The molecule has 1 fully saturated rings. The van der Waals surface area contributed by atoms with Gasteiger partial charge in [0.2, 0.25) is 0 Å². The Hall–Kier alpha value is -0.560. The Kier molecular flexibility index (Phi) is 0.788. The second-order valence-electron chi connectivity index (χ2n) is 2.19. The quantitative estimate of drug-likeness (QED) is 0.426. The van der Waals surface area contributed by atoms with Crippen LogP contribution in [0.5, 0.6) is 0 Å². The third kappa shape index (κ3) is 0.594. The number of hydrogen-bond donors (Lipinski definition) is 0. The van der Waals surface area contributed by atoms with Gasteiger partial charge in [0.15, 0.2) is 0 Å². The Labute approximate surface area is 48.7 Å². The molecule has 2 atom stereocenters. The van der Waals surface area contributed by atoms with Crippen LogP contribution in [0.25, 0.3) is 0 Å². The van der Waals surface area contributed by atoms with Crippen molar-refractivity contribution in [1.82, 2.24) is 0 Å². The van der Waals surface area contributed by atoms with Gasteiger partial charge in [-0.3, -0.25) is 0 Å². The van der Waals surface area contributed by atoms with Crippen molar-refractivity contribution < 1.29 is 4.74 Å². The number of epoxide rings is 1. The van der Waals surface area contributed by atoms with Crippen molar-refractivity contribution in [3.05, 3.63) is 24.3 Å². The largest absolute Gasteiger partial charge is 0.365 e. The minimum atomic E-state index is 0.449. The first-order valence-corrected chi connectivity index (χ1v) is 2.95. The summed E-state index contributed by atoms with van der Waals surface area (Å²) in [6.07, 6.45) is 10.4. The van der Waals surface area contributed by atoms with E-state index in [1.807, 2.05) is 0 Å². The van der Waals surface area contributed by atoms with E-state index in [1.165, 1.54) is 0 Å². The van der Waals surface area contributed by atoms with Crippen LogP contribution in [0, 0.1) is 0 Å². The van der Waals surface area contributed by atoms with Crippen molar-refractivity contribution in [3.63, 3.8) is 0 Å². The van der Waals surface area contributed by atoms with Gasteiger partial charge in [-0.05, 0) is 6.42 Å². The Balaban J connectivity index is 2.14. The average Bonchev–Trinajstić information content (AvgIpc) is 2.36. The van der Waals surface area contributed by atoms with Crippen molar-refractivity contribution in [3.8, 4) is 0 Å². The van der Waals surface area contributed by atoms with Gasteiger partial charge in [0.25, 0.3) is 0 Å². The van der Waals surface area contributed by atoms with Gasteiger partial charge in [0.1, 0.15) is 6.10 Å². The van der Waals surface area contributed by atoms with E-state index in [1.54, 1.807) is 0 Å². The minimum Gasteiger partial charge on any atom is -0.365 e. The zero-order valence-corrected chi connectivity index (χ0v) is 4.58. The Morgan fingerprint density at radius 1 is 1.38 bits per heavy atom. The lowest BCUT2D eigenvalue weighted by Gasteiger charge is -1.76. The molecule has 1 aliphatic carbocycles. The van der Waals surface area contributed by atoms with Gasteiger partial charge < -0.3 is 4.74 Å². The standard InChI is InChI=1S/C7H8O/c1-2-4-6-7(8-6)5-3-1/h1-4,6-7H,5H2. The van der Waals surface area contributed by atoms with Crippen LogP contribution in [0.3, 0.4) is 0 Å². The van der Waals surface area contributed by atoms with Crippen molar-refractivity contribution >= 4 is 0 Å². The fraction of sp³-hybridized carbons (Fsp3) is 0.429. The zero-order valence-electron chi connectivity index (χ0n) is 4.58. The van der Waals surface area contributed by atoms with Gasteiger partial charge in [0, 0.05) is 0 Å². The molecule has 0 saturated carbocycles. The smallest absolute Gasteiger partial charge is 0.103 e. The maximum absolute atomic E-state index is 5.22. The summed E-state index contributed by atoms with van der Waals surface area (Å²) >= 11 is 0. The van der Waals surface area contributed by atoms with Crippen LogP contribution in [-0.2, 0) is 4.74 Å². The van der Waals surface area contributed by atoms with Crippen LogP contribution in [0.1, 0.15) is 6.42 Å². The molecule has 0 N–H and O–H groups in total. The second kappa shape index (κ2) is 1.46. The maximum atomic E-state index is 5.22. The molecule has 0 amide bonds. The highest BCUT2D eigenvalue weighted by Crippen LogP contribution is 2.28. The minimum absolute atomic E-state index is 0.449. The molecule has 42 valence electrons. The third-order valence-corrected chi connectivity index (χ3v) is 1.54. The first-order chi connectivity index (χ1) is 3.97. The molecule has 0 aromatic heterocycles. The second-order valence-corrected chi connectivity index (χ2v) is 2.19. The van der Waals surface area contributed by atoms with Gasteiger partial charge in [-0.1, -0.05) is 24.3 Å². The summed E-state index contributed by atoms with van der Waals surface area (Å²) in [6, 6.07) is 0. The summed E-state index contributed by atoms with van der Waals surface area (Å²) in [6.45, 7) is 0. The van der Waals surface area contributed by atoms with Gasteiger partial charge in [-0.15, -0.1) is 0 Å². The molecule has 2 unspecified atom stereocenters. The molecule has 0 aromatic carbocycles. The first-order valence-electron chi connectivity index (χ1n) is 2.95. The lowest BCUT2D eigenvalue weighted by Crippen LogP contribution is -1.84. The molecule has 1 nitrogen and oxygen atoms in total. The number of rotatable bonds is 0. The highest BCUT2D eigenvalue weighted by Gasteiger charge is 2.35. The number of allylic oxidation sites excluding steroid dienone is 2. The molecule has 0 aromatic rings. The lowest BCUT2D eigenvalue weighted by molar-refractivity contribution is 0.389. The summed E-state index contributed by atoms with van der Waals surface area (Å²) < 4.78 is 5.22. The van der Waals surface area contributed by atoms with Crippen molar-refractivity contribution in [1.29, 1.82) is 0 Å². The topological polar surface area (TPSA) is 12.5 Å². The molecule has 1 aliphatic heterocycles. The van der Waals surface area contributed by atoms with Crippen LogP contribution < -0.4 is 0 Å². The Bertz CT molecular complexity index is 146. The monoisotopic (exact) mass is 108 g/mol. The number of ether oxygens (including phenoxy) is 1. The predicted octanol–water partition coefficient (Wildman–Crippen LogP) is 1.27.